The van der Waals surface area contributed by atoms with Gasteiger partial charge in [0.05, 0.1) is 0 Å². The predicted molar refractivity (Wildman–Crippen MR) is 83.5 cm³/mol. The zero-order valence-electron chi connectivity index (χ0n) is 13.7. The van der Waals surface area contributed by atoms with Crippen LogP contribution in [-0.2, 0) is 0 Å². The maximum Gasteiger partial charge on any atom is 0.0244 e. The highest BCUT2D eigenvalue weighted by Crippen LogP contribution is 2.30. The molecule has 0 amide bonds. The topological polar surface area (TPSA) is 15.3 Å². The molecule has 0 radical (unpaired) electrons. The van der Waals surface area contributed by atoms with E-state index in [2.05, 4.69) is 44.8 Å². The molecule has 0 aromatic rings. The van der Waals surface area contributed by atoms with Gasteiger partial charge in [-0.3, -0.25) is 4.90 Å². The van der Waals surface area contributed by atoms with Crippen molar-refractivity contribution in [2.75, 3.05) is 13.1 Å². The molecule has 1 saturated carbocycles. The molecule has 112 valence electrons. The van der Waals surface area contributed by atoms with E-state index in [1.807, 2.05) is 0 Å². The average molecular weight is 266 g/mol. The number of hydrogen-bond donors (Lipinski definition) is 1. The molecule has 1 heterocycles. The third-order valence-electron chi connectivity index (χ3n) is 5.36. The fraction of sp³-hybridized carbons (Fsp3) is 1.00. The van der Waals surface area contributed by atoms with Gasteiger partial charge >= 0.3 is 0 Å². The Bertz CT molecular complexity index is 281. The summed E-state index contributed by atoms with van der Waals surface area (Å²) in [7, 11) is 0. The molecule has 0 bridgehead atoms. The highest BCUT2D eigenvalue weighted by molar-refractivity contribution is 4.93. The van der Waals surface area contributed by atoms with Crippen molar-refractivity contribution in [1.29, 1.82) is 0 Å². The fourth-order valence-electron chi connectivity index (χ4n) is 3.77. The van der Waals surface area contributed by atoms with Crippen LogP contribution in [0.2, 0.25) is 0 Å². The monoisotopic (exact) mass is 266 g/mol. The Morgan fingerprint density at radius 3 is 2.42 bits per heavy atom. The van der Waals surface area contributed by atoms with E-state index in [1.165, 1.54) is 38.6 Å². The first-order chi connectivity index (χ1) is 8.88. The van der Waals surface area contributed by atoms with Crippen LogP contribution in [0.4, 0.5) is 0 Å². The summed E-state index contributed by atoms with van der Waals surface area (Å²) in [5.74, 6) is 0.946. The van der Waals surface area contributed by atoms with Crippen LogP contribution >= 0.6 is 0 Å². The third-order valence-corrected chi connectivity index (χ3v) is 5.36. The molecule has 2 rings (SSSR count). The van der Waals surface area contributed by atoms with E-state index in [-0.39, 0.29) is 0 Å². The van der Waals surface area contributed by atoms with E-state index >= 15 is 0 Å². The van der Waals surface area contributed by atoms with Crippen LogP contribution in [0.1, 0.15) is 66.7 Å². The van der Waals surface area contributed by atoms with Gasteiger partial charge in [0.25, 0.3) is 0 Å². The standard InChI is InChI=1S/C17H34N2/c1-13-7-6-8-15(10-9-13)19-12-16(17(3,4)5)18-11-14(19)2/h13-16,18H,6-12H2,1-5H3. The summed E-state index contributed by atoms with van der Waals surface area (Å²) in [6.07, 6.45) is 7.15. The van der Waals surface area contributed by atoms with E-state index in [0.29, 0.717) is 17.5 Å². The van der Waals surface area contributed by atoms with E-state index < -0.39 is 0 Å². The smallest absolute Gasteiger partial charge is 0.0244 e. The lowest BCUT2D eigenvalue weighted by Crippen LogP contribution is -2.61. The molecule has 4 atom stereocenters. The first-order valence-corrected chi connectivity index (χ1v) is 8.37. The van der Waals surface area contributed by atoms with Crippen molar-refractivity contribution in [2.45, 2.75) is 84.8 Å². The van der Waals surface area contributed by atoms with Crippen LogP contribution < -0.4 is 5.32 Å². The zero-order chi connectivity index (χ0) is 14.0. The first kappa shape index (κ1) is 15.3. The van der Waals surface area contributed by atoms with Gasteiger partial charge in [0.15, 0.2) is 0 Å². The second-order valence-corrected chi connectivity index (χ2v) is 8.14. The van der Waals surface area contributed by atoms with Crippen molar-refractivity contribution in [3.8, 4) is 0 Å². The molecular weight excluding hydrogens is 232 g/mol. The minimum absolute atomic E-state index is 0.371. The van der Waals surface area contributed by atoms with E-state index in [0.717, 1.165) is 18.5 Å². The van der Waals surface area contributed by atoms with E-state index in [9.17, 15) is 0 Å². The molecule has 0 aromatic carbocycles. The van der Waals surface area contributed by atoms with Gasteiger partial charge in [-0.25, -0.2) is 0 Å². The Balaban J connectivity index is 2.00. The summed E-state index contributed by atoms with van der Waals surface area (Å²) in [6, 6.07) is 2.19. The maximum absolute atomic E-state index is 3.76. The number of nitrogens with zero attached hydrogens (tertiary/aromatic N) is 1. The number of piperazine rings is 1. The molecule has 2 heteroatoms. The second kappa shape index (κ2) is 6.13. The molecule has 2 aliphatic rings. The molecule has 4 unspecified atom stereocenters. The highest BCUT2D eigenvalue weighted by atomic mass is 15.3. The Labute approximate surface area is 120 Å². The first-order valence-electron chi connectivity index (χ1n) is 8.37. The summed E-state index contributed by atoms with van der Waals surface area (Å²) in [6.45, 7) is 14.3. The van der Waals surface area contributed by atoms with Gasteiger partial charge in [-0.1, -0.05) is 40.5 Å². The Morgan fingerprint density at radius 1 is 1.00 bits per heavy atom. The van der Waals surface area contributed by atoms with E-state index in [4.69, 9.17) is 0 Å². The molecule has 2 fully saturated rings. The van der Waals surface area contributed by atoms with Crippen LogP contribution in [0, 0.1) is 11.3 Å². The van der Waals surface area contributed by atoms with Crippen molar-refractivity contribution < 1.29 is 0 Å². The normalized spacial score (nSPS) is 39.0. The molecule has 1 aliphatic heterocycles. The quantitative estimate of drug-likeness (QED) is 0.729. The lowest BCUT2D eigenvalue weighted by Gasteiger charge is -2.47. The number of rotatable bonds is 1. The predicted octanol–water partition coefficient (Wildman–Crippen LogP) is 3.66. The Morgan fingerprint density at radius 2 is 1.74 bits per heavy atom. The van der Waals surface area contributed by atoms with Crippen LogP contribution in [0.5, 0.6) is 0 Å². The maximum atomic E-state index is 3.76. The molecular formula is C17H34N2. The lowest BCUT2D eigenvalue weighted by atomic mass is 9.84. The second-order valence-electron chi connectivity index (χ2n) is 8.14. The van der Waals surface area contributed by atoms with Gasteiger partial charge in [-0.05, 0) is 37.5 Å². The van der Waals surface area contributed by atoms with Crippen molar-refractivity contribution in [2.24, 2.45) is 11.3 Å². The average Bonchev–Trinajstić information content (AvgIpc) is 2.53. The highest BCUT2D eigenvalue weighted by Gasteiger charge is 2.35. The van der Waals surface area contributed by atoms with Crippen LogP contribution in [0.25, 0.3) is 0 Å². The van der Waals surface area contributed by atoms with Gasteiger partial charge < -0.3 is 5.32 Å². The summed E-state index contributed by atoms with van der Waals surface area (Å²) in [4.78, 5) is 2.82. The molecule has 1 N–H and O–H groups in total. The molecule has 19 heavy (non-hydrogen) atoms. The summed E-state index contributed by atoms with van der Waals surface area (Å²) < 4.78 is 0. The van der Waals surface area contributed by atoms with Gasteiger partial charge in [0.1, 0.15) is 0 Å². The van der Waals surface area contributed by atoms with Crippen LogP contribution in [0.3, 0.4) is 0 Å². The molecule has 2 nitrogen and oxygen atoms in total. The van der Waals surface area contributed by atoms with Crippen molar-refractivity contribution >= 4 is 0 Å². The molecule has 1 aliphatic carbocycles. The SMILES string of the molecule is CC1CCCC(N2CC(C(C)(C)C)NCC2C)CC1. The van der Waals surface area contributed by atoms with Crippen LogP contribution in [-0.4, -0.2) is 36.1 Å². The van der Waals surface area contributed by atoms with Gasteiger partial charge in [-0.2, -0.15) is 0 Å². The van der Waals surface area contributed by atoms with Crippen molar-refractivity contribution in [3.63, 3.8) is 0 Å². The largest absolute Gasteiger partial charge is 0.311 e. The lowest BCUT2D eigenvalue weighted by molar-refractivity contribution is 0.0507. The summed E-state index contributed by atoms with van der Waals surface area (Å²) in [5, 5.41) is 3.76. The van der Waals surface area contributed by atoms with Crippen LogP contribution in [0.15, 0.2) is 0 Å². The molecule has 1 saturated heterocycles. The third kappa shape index (κ3) is 3.95. The van der Waals surface area contributed by atoms with Crippen molar-refractivity contribution in [3.05, 3.63) is 0 Å². The minimum Gasteiger partial charge on any atom is -0.311 e. The minimum atomic E-state index is 0.371. The Kier molecular flexibility index (Phi) is 4.94. The van der Waals surface area contributed by atoms with Gasteiger partial charge in [-0.15, -0.1) is 0 Å². The Hall–Kier alpha value is -0.0800. The summed E-state index contributed by atoms with van der Waals surface area (Å²) in [5.41, 5.74) is 0.371. The van der Waals surface area contributed by atoms with Gasteiger partial charge in [0.2, 0.25) is 0 Å². The van der Waals surface area contributed by atoms with Crippen molar-refractivity contribution in [1.82, 2.24) is 10.2 Å². The molecule has 0 aromatic heterocycles. The fourth-order valence-corrected chi connectivity index (χ4v) is 3.77. The molecule has 0 spiro atoms. The zero-order valence-corrected chi connectivity index (χ0v) is 13.7. The number of hydrogen-bond acceptors (Lipinski definition) is 2. The number of nitrogens with one attached hydrogen (secondary N) is 1. The summed E-state index contributed by atoms with van der Waals surface area (Å²) >= 11 is 0. The van der Waals surface area contributed by atoms with Gasteiger partial charge in [0, 0.05) is 31.2 Å². The van der Waals surface area contributed by atoms with E-state index in [1.54, 1.807) is 0 Å².